The van der Waals surface area contributed by atoms with Crippen molar-refractivity contribution in [2.75, 3.05) is 40.3 Å². The van der Waals surface area contributed by atoms with E-state index in [0.29, 0.717) is 11.6 Å². The molecule has 0 saturated heterocycles. The summed E-state index contributed by atoms with van der Waals surface area (Å²) < 4.78 is 0. The monoisotopic (exact) mass is 416 g/mol. The topological polar surface area (TPSA) is 90.5 Å². The standard InChI is InChI=1S/C18H26Cl2N4O3/c1-18(2,11-24(3)4)10-23-16(26)8-21-15(25)9-22-17(27)13-6-5-12(19)7-14(13)20/h5-7H,8-11H2,1-4H3,(H,21,25)(H,22,27)(H,23,26). The molecule has 0 aliphatic carbocycles. The zero-order valence-corrected chi connectivity index (χ0v) is 17.5. The van der Waals surface area contributed by atoms with E-state index in [-0.39, 0.29) is 35.0 Å². The van der Waals surface area contributed by atoms with Gasteiger partial charge in [-0.15, -0.1) is 0 Å². The molecule has 1 aromatic rings. The third-order valence-electron chi connectivity index (χ3n) is 3.54. The Bertz CT molecular complexity index is 693. The number of carbonyl (C=O) groups excluding carboxylic acids is 3. The number of hydrogen-bond donors (Lipinski definition) is 3. The molecule has 0 atom stereocenters. The van der Waals surface area contributed by atoms with Gasteiger partial charge in [0, 0.05) is 18.1 Å². The highest BCUT2D eigenvalue weighted by molar-refractivity contribution is 6.36. The van der Waals surface area contributed by atoms with E-state index in [4.69, 9.17) is 23.2 Å². The van der Waals surface area contributed by atoms with Crippen molar-refractivity contribution in [2.45, 2.75) is 13.8 Å². The first-order chi connectivity index (χ1) is 12.5. The second kappa shape index (κ2) is 10.5. The average Bonchev–Trinajstić information content (AvgIpc) is 2.55. The van der Waals surface area contributed by atoms with Gasteiger partial charge in [-0.2, -0.15) is 0 Å². The molecule has 0 heterocycles. The number of amides is 3. The summed E-state index contributed by atoms with van der Waals surface area (Å²) in [6, 6.07) is 4.45. The highest BCUT2D eigenvalue weighted by atomic mass is 35.5. The van der Waals surface area contributed by atoms with Crippen LogP contribution in [0.4, 0.5) is 0 Å². The summed E-state index contributed by atoms with van der Waals surface area (Å²) >= 11 is 11.7. The van der Waals surface area contributed by atoms with Crippen LogP contribution in [0.15, 0.2) is 18.2 Å². The van der Waals surface area contributed by atoms with Crippen molar-refractivity contribution < 1.29 is 14.4 Å². The van der Waals surface area contributed by atoms with E-state index in [1.54, 1.807) is 0 Å². The van der Waals surface area contributed by atoms with Crippen molar-refractivity contribution in [1.82, 2.24) is 20.9 Å². The Kier molecular flexibility index (Phi) is 9.02. The molecule has 1 aromatic carbocycles. The maximum atomic E-state index is 12.0. The van der Waals surface area contributed by atoms with Crippen molar-refractivity contribution >= 4 is 40.9 Å². The van der Waals surface area contributed by atoms with Gasteiger partial charge >= 0.3 is 0 Å². The number of rotatable bonds is 9. The zero-order valence-electron chi connectivity index (χ0n) is 16.0. The minimum atomic E-state index is -0.498. The molecule has 0 saturated carbocycles. The number of nitrogens with zero attached hydrogens (tertiary/aromatic N) is 1. The number of halogens is 2. The summed E-state index contributed by atoms with van der Waals surface area (Å²) in [4.78, 5) is 37.7. The van der Waals surface area contributed by atoms with Gasteiger partial charge in [0.25, 0.3) is 5.91 Å². The van der Waals surface area contributed by atoms with Gasteiger partial charge in [-0.3, -0.25) is 14.4 Å². The molecule has 0 spiro atoms. The molecular weight excluding hydrogens is 391 g/mol. The quantitative estimate of drug-likeness (QED) is 0.569. The Hall–Kier alpha value is -1.83. The van der Waals surface area contributed by atoms with Crippen LogP contribution >= 0.6 is 23.2 Å². The average molecular weight is 417 g/mol. The zero-order chi connectivity index (χ0) is 20.6. The normalized spacial score (nSPS) is 11.2. The largest absolute Gasteiger partial charge is 0.354 e. The van der Waals surface area contributed by atoms with E-state index in [0.717, 1.165) is 6.54 Å². The van der Waals surface area contributed by atoms with Crippen molar-refractivity contribution in [3.63, 3.8) is 0 Å². The van der Waals surface area contributed by atoms with Crippen LogP contribution in [0, 0.1) is 5.41 Å². The predicted octanol–water partition coefficient (Wildman–Crippen LogP) is 1.54. The summed E-state index contributed by atoms with van der Waals surface area (Å²) in [6.07, 6.45) is 0. The van der Waals surface area contributed by atoms with Crippen LogP contribution in [0.5, 0.6) is 0 Å². The molecule has 0 aliphatic rings. The van der Waals surface area contributed by atoms with Crippen LogP contribution in [0.25, 0.3) is 0 Å². The third-order valence-corrected chi connectivity index (χ3v) is 4.09. The lowest BCUT2D eigenvalue weighted by molar-refractivity contribution is -0.125. The molecule has 0 unspecified atom stereocenters. The van der Waals surface area contributed by atoms with E-state index < -0.39 is 11.8 Å². The Morgan fingerprint density at radius 3 is 2.19 bits per heavy atom. The molecule has 3 N–H and O–H groups in total. The molecule has 150 valence electrons. The van der Waals surface area contributed by atoms with Crippen molar-refractivity contribution in [3.8, 4) is 0 Å². The lowest BCUT2D eigenvalue weighted by atomic mass is 9.93. The first-order valence-corrected chi connectivity index (χ1v) is 9.17. The summed E-state index contributed by atoms with van der Waals surface area (Å²) in [6.45, 7) is 4.98. The Morgan fingerprint density at radius 2 is 1.59 bits per heavy atom. The van der Waals surface area contributed by atoms with Gasteiger partial charge in [0.1, 0.15) is 0 Å². The highest BCUT2D eigenvalue weighted by Gasteiger charge is 2.20. The van der Waals surface area contributed by atoms with Crippen molar-refractivity contribution in [3.05, 3.63) is 33.8 Å². The summed E-state index contributed by atoms with van der Waals surface area (Å²) in [7, 11) is 3.94. The maximum absolute atomic E-state index is 12.0. The van der Waals surface area contributed by atoms with Gasteiger partial charge in [-0.25, -0.2) is 0 Å². The van der Waals surface area contributed by atoms with Crippen LogP contribution in [0.2, 0.25) is 10.0 Å². The summed E-state index contributed by atoms with van der Waals surface area (Å²) in [5.74, 6) is -1.26. The molecule has 3 amide bonds. The summed E-state index contributed by atoms with van der Waals surface area (Å²) in [5.41, 5.74) is 0.129. The number of benzene rings is 1. The van der Waals surface area contributed by atoms with Crippen LogP contribution in [0.1, 0.15) is 24.2 Å². The molecule has 7 nitrogen and oxygen atoms in total. The molecule has 0 radical (unpaired) electrons. The number of carbonyl (C=O) groups is 3. The third kappa shape index (κ3) is 9.08. The van der Waals surface area contributed by atoms with Crippen LogP contribution in [-0.4, -0.2) is 62.9 Å². The second-order valence-electron chi connectivity index (χ2n) is 7.26. The fourth-order valence-electron chi connectivity index (χ4n) is 2.48. The van der Waals surface area contributed by atoms with Crippen molar-refractivity contribution in [2.24, 2.45) is 5.41 Å². The molecule has 27 heavy (non-hydrogen) atoms. The minimum Gasteiger partial charge on any atom is -0.354 e. The first-order valence-electron chi connectivity index (χ1n) is 8.41. The SMILES string of the molecule is CN(C)CC(C)(C)CNC(=O)CNC(=O)CNC(=O)c1ccc(Cl)cc1Cl. The Balaban J connectivity index is 2.34. The molecule has 9 heteroatoms. The summed E-state index contributed by atoms with van der Waals surface area (Å²) in [5, 5.41) is 8.30. The van der Waals surface area contributed by atoms with Gasteiger partial charge in [0.15, 0.2) is 0 Å². The van der Waals surface area contributed by atoms with Gasteiger partial charge < -0.3 is 20.9 Å². The molecule has 0 aromatic heterocycles. The molecule has 0 fully saturated rings. The maximum Gasteiger partial charge on any atom is 0.253 e. The molecule has 1 rings (SSSR count). The van der Waals surface area contributed by atoms with Crippen LogP contribution in [-0.2, 0) is 9.59 Å². The highest BCUT2D eigenvalue weighted by Crippen LogP contribution is 2.20. The van der Waals surface area contributed by atoms with Gasteiger partial charge in [0.05, 0.1) is 23.7 Å². The first kappa shape index (κ1) is 23.2. The van der Waals surface area contributed by atoms with E-state index in [9.17, 15) is 14.4 Å². The Morgan fingerprint density at radius 1 is 1.00 bits per heavy atom. The van der Waals surface area contributed by atoms with Gasteiger partial charge in [0.2, 0.25) is 11.8 Å². The molecule has 0 bridgehead atoms. The number of nitrogens with one attached hydrogen (secondary N) is 3. The smallest absolute Gasteiger partial charge is 0.253 e. The van der Waals surface area contributed by atoms with Gasteiger partial charge in [-0.05, 0) is 37.7 Å². The lowest BCUT2D eigenvalue weighted by Gasteiger charge is -2.28. The molecular formula is C18H26Cl2N4O3. The fourth-order valence-corrected chi connectivity index (χ4v) is 2.98. The van der Waals surface area contributed by atoms with E-state index >= 15 is 0 Å². The van der Waals surface area contributed by atoms with Gasteiger partial charge in [-0.1, -0.05) is 37.0 Å². The predicted molar refractivity (Wildman–Crippen MR) is 107 cm³/mol. The fraction of sp³-hybridized carbons (Fsp3) is 0.500. The lowest BCUT2D eigenvalue weighted by Crippen LogP contribution is -2.45. The molecule has 0 aliphatic heterocycles. The van der Waals surface area contributed by atoms with E-state index in [1.165, 1.54) is 18.2 Å². The Labute approximate surface area is 169 Å². The van der Waals surface area contributed by atoms with Crippen LogP contribution in [0.3, 0.4) is 0 Å². The van der Waals surface area contributed by atoms with Crippen LogP contribution < -0.4 is 16.0 Å². The second-order valence-corrected chi connectivity index (χ2v) is 8.11. The van der Waals surface area contributed by atoms with E-state index in [1.807, 2.05) is 32.8 Å². The van der Waals surface area contributed by atoms with E-state index in [2.05, 4.69) is 16.0 Å². The number of hydrogen-bond acceptors (Lipinski definition) is 4. The minimum absolute atomic E-state index is 0.0883. The van der Waals surface area contributed by atoms with Crippen molar-refractivity contribution in [1.29, 1.82) is 0 Å².